The Morgan fingerprint density at radius 2 is 1.81 bits per heavy atom. The molecule has 0 bridgehead atoms. The Kier molecular flexibility index (Phi) is 4.95. The average molecular weight is 291 g/mol. The van der Waals surface area contributed by atoms with E-state index in [1.165, 1.54) is 19.3 Å². The molecule has 1 unspecified atom stereocenters. The number of ether oxygens (including phenoxy) is 2. The minimum Gasteiger partial charge on any atom is -0.490 e. The predicted octanol–water partition coefficient (Wildman–Crippen LogP) is 1.84. The number of nitrogens with zero attached hydrogens (tertiary/aromatic N) is 1. The first-order valence-corrected chi connectivity index (χ1v) is 7.97. The number of nitrogens with one attached hydrogen (secondary N) is 1. The van der Waals surface area contributed by atoms with Crippen LogP contribution in [0.15, 0.2) is 18.2 Å². The Morgan fingerprint density at radius 3 is 2.57 bits per heavy atom. The minimum atomic E-state index is 0.125. The lowest BCUT2D eigenvalue weighted by atomic mass is 10.1. The molecule has 1 fully saturated rings. The molecule has 0 aliphatic carbocycles. The highest BCUT2D eigenvalue weighted by Gasteiger charge is 2.18. The van der Waals surface area contributed by atoms with Gasteiger partial charge in [-0.15, -0.1) is 0 Å². The van der Waals surface area contributed by atoms with Crippen LogP contribution in [-0.4, -0.2) is 37.9 Å². The first-order valence-electron chi connectivity index (χ1n) is 7.97. The van der Waals surface area contributed by atoms with E-state index in [9.17, 15) is 0 Å². The highest BCUT2D eigenvalue weighted by Crippen LogP contribution is 2.32. The minimum absolute atomic E-state index is 0.125. The highest BCUT2D eigenvalue weighted by molar-refractivity contribution is 5.44. The number of nitrogens with two attached hydrogens (primary N) is 1. The van der Waals surface area contributed by atoms with E-state index in [-0.39, 0.29) is 6.04 Å². The predicted molar refractivity (Wildman–Crippen MR) is 82.4 cm³/mol. The monoisotopic (exact) mass is 291 g/mol. The molecule has 0 spiro atoms. The Hall–Kier alpha value is -1.30. The van der Waals surface area contributed by atoms with Gasteiger partial charge < -0.3 is 15.2 Å². The van der Waals surface area contributed by atoms with Gasteiger partial charge in [0.25, 0.3) is 0 Å². The van der Waals surface area contributed by atoms with E-state index in [1.807, 2.05) is 6.07 Å². The van der Waals surface area contributed by atoms with Crippen LogP contribution in [0, 0.1) is 0 Å². The third-order valence-electron chi connectivity index (χ3n) is 4.10. The van der Waals surface area contributed by atoms with Crippen molar-refractivity contribution in [2.45, 2.75) is 31.7 Å². The van der Waals surface area contributed by atoms with Gasteiger partial charge in [-0.3, -0.25) is 0 Å². The van der Waals surface area contributed by atoms with Gasteiger partial charge in [0.2, 0.25) is 0 Å². The van der Waals surface area contributed by atoms with Gasteiger partial charge in [0.05, 0.1) is 19.3 Å². The number of hydrogen-bond acceptors (Lipinski definition) is 5. The smallest absolute Gasteiger partial charge is 0.161 e. The first kappa shape index (κ1) is 14.6. The van der Waals surface area contributed by atoms with Crippen LogP contribution in [0.3, 0.4) is 0 Å². The van der Waals surface area contributed by atoms with Gasteiger partial charge >= 0.3 is 0 Å². The van der Waals surface area contributed by atoms with Crippen molar-refractivity contribution >= 4 is 0 Å². The molecule has 116 valence electrons. The van der Waals surface area contributed by atoms with Crippen molar-refractivity contribution in [3.05, 3.63) is 23.8 Å². The zero-order valence-electron chi connectivity index (χ0n) is 12.5. The first-order chi connectivity index (χ1) is 10.4. The number of hydrazine groups is 1. The van der Waals surface area contributed by atoms with Gasteiger partial charge in [-0.1, -0.05) is 12.5 Å². The number of hydrogen-bond donors (Lipinski definition) is 2. The molecule has 1 aromatic carbocycles. The van der Waals surface area contributed by atoms with Crippen molar-refractivity contribution in [3.63, 3.8) is 0 Å². The molecule has 5 nitrogen and oxygen atoms in total. The summed E-state index contributed by atoms with van der Waals surface area (Å²) in [6.45, 7) is 4.19. The van der Waals surface area contributed by atoms with Gasteiger partial charge in [0.15, 0.2) is 11.5 Å². The lowest BCUT2D eigenvalue weighted by Gasteiger charge is -2.31. The van der Waals surface area contributed by atoms with Crippen molar-refractivity contribution in [2.24, 2.45) is 5.73 Å². The summed E-state index contributed by atoms with van der Waals surface area (Å²) in [5.74, 6) is 1.67. The zero-order chi connectivity index (χ0) is 14.5. The van der Waals surface area contributed by atoms with Crippen LogP contribution in [0.4, 0.5) is 0 Å². The topological polar surface area (TPSA) is 59.8 Å². The van der Waals surface area contributed by atoms with Crippen LogP contribution in [-0.2, 0) is 0 Å². The molecule has 1 atom stereocenters. The van der Waals surface area contributed by atoms with Gasteiger partial charge in [0.1, 0.15) is 0 Å². The normalized spacial score (nSPS) is 20.8. The van der Waals surface area contributed by atoms with Crippen LogP contribution in [0.25, 0.3) is 0 Å². The molecular formula is C16H25N3O2. The lowest BCUT2D eigenvalue weighted by molar-refractivity contribution is 0.130. The summed E-state index contributed by atoms with van der Waals surface area (Å²) >= 11 is 0. The van der Waals surface area contributed by atoms with E-state index in [0.717, 1.165) is 43.2 Å². The second-order valence-electron chi connectivity index (χ2n) is 5.72. The number of rotatable bonds is 4. The maximum Gasteiger partial charge on any atom is 0.161 e. The van der Waals surface area contributed by atoms with E-state index >= 15 is 0 Å². The van der Waals surface area contributed by atoms with Crippen LogP contribution in [0.1, 0.15) is 37.3 Å². The highest BCUT2D eigenvalue weighted by atomic mass is 16.5. The SMILES string of the molecule is NCC(NN1CCCCC1)c1ccc2c(c1)OCCCO2. The summed E-state index contributed by atoms with van der Waals surface area (Å²) in [5, 5.41) is 2.30. The third kappa shape index (κ3) is 3.67. The van der Waals surface area contributed by atoms with Gasteiger partial charge in [-0.05, 0) is 30.5 Å². The van der Waals surface area contributed by atoms with Crippen molar-refractivity contribution in [2.75, 3.05) is 32.8 Å². The fourth-order valence-corrected chi connectivity index (χ4v) is 2.90. The van der Waals surface area contributed by atoms with Crippen LogP contribution in [0.5, 0.6) is 11.5 Å². The molecule has 3 rings (SSSR count). The summed E-state index contributed by atoms with van der Waals surface area (Å²) < 4.78 is 11.4. The second kappa shape index (κ2) is 7.11. The van der Waals surface area contributed by atoms with Crippen molar-refractivity contribution in [3.8, 4) is 11.5 Å². The van der Waals surface area contributed by atoms with Crippen LogP contribution in [0.2, 0.25) is 0 Å². The quantitative estimate of drug-likeness (QED) is 0.886. The molecule has 0 aromatic heterocycles. The largest absolute Gasteiger partial charge is 0.490 e. The summed E-state index contributed by atoms with van der Waals surface area (Å²) in [6, 6.07) is 6.27. The Bertz CT molecular complexity index is 461. The standard InChI is InChI=1S/C16H25N3O2/c17-12-14(18-19-7-2-1-3-8-19)13-5-6-15-16(11-13)21-10-4-9-20-15/h5-6,11,14,18H,1-4,7-10,12,17H2. The lowest BCUT2D eigenvalue weighted by Crippen LogP contribution is -2.45. The molecule has 1 saturated heterocycles. The van der Waals surface area contributed by atoms with E-state index in [2.05, 4.69) is 22.6 Å². The molecule has 2 aliphatic heterocycles. The van der Waals surface area contributed by atoms with Crippen LogP contribution < -0.4 is 20.6 Å². The van der Waals surface area contributed by atoms with Gasteiger partial charge in [0, 0.05) is 26.1 Å². The zero-order valence-corrected chi connectivity index (χ0v) is 12.5. The van der Waals surface area contributed by atoms with Gasteiger partial charge in [-0.2, -0.15) is 0 Å². The maximum absolute atomic E-state index is 5.97. The molecular weight excluding hydrogens is 266 g/mol. The molecule has 1 aromatic rings. The molecule has 0 amide bonds. The molecule has 2 heterocycles. The maximum atomic E-state index is 5.97. The second-order valence-corrected chi connectivity index (χ2v) is 5.72. The molecule has 3 N–H and O–H groups in total. The van der Waals surface area contributed by atoms with Crippen molar-refractivity contribution in [1.82, 2.24) is 10.4 Å². The van der Waals surface area contributed by atoms with Crippen LogP contribution >= 0.6 is 0 Å². The fraction of sp³-hybridized carbons (Fsp3) is 0.625. The molecule has 0 saturated carbocycles. The van der Waals surface area contributed by atoms with Gasteiger partial charge in [-0.25, -0.2) is 10.4 Å². The third-order valence-corrected chi connectivity index (χ3v) is 4.10. The fourth-order valence-electron chi connectivity index (χ4n) is 2.90. The van der Waals surface area contributed by atoms with Crippen molar-refractivity contribution < 1.29 is 9.47 Å². The van der Waals surface area contributed by atoms with E-state index < -0.39 is 0 Å². The summed E-state index contributed by atoms with van der Waals surface area (Å²) in [4.78, 5) is 0. The van der Waals surface area contributed by atoms with E-state index in [0.29, 0.717) is 13.2 Å². The molecule has 21 heavy (non-hydrogen) atoms. The number of fused-ring (bicyclic) bond motifs is 1. The molecule has 2 aliphatic rings. The molecule has 5 heteroatoms. The number of benzene rings is 1. The summed E-state index contributed by atoms with van der Waals surface area (Å²) in [7, 11) is 0. The van der Waals surface area contributed by atoms with E-state index in [4.69, 9.17) is 15.2 Å². The number of piperidine rings is 1. The van der Waals surface area contributed by atoms with E-state index in [1.54, 1.807) is 0 Å². The average Bonchev–Trinajstić information content (AvgIpc) is 2.78. The summed E-state index contributed by atoms with van der Waals surface area (Å²) in [5.41, 5.74) is 10.7. The van der Waals surface area contributed by atoms with Crippen molar-refractivity contribution in [1.29, 1.82) is 0 Å². The summed E-state index contributed by atoms with van der Waals surface area (Å²) in [6.07, 6.45) is 4.77. The Balaban J connectivity index is 1.72. The Morgan fingerprint density at radius 1 is 1.05 bits per heavy atom. The molecule has 0 radical (unpaired) electrons. The Labute approximate surface area is 126 Å².